The third-order valence-electron chi connectivity index (χ3n) is 1.42. The Morgan fingerprint density at radius 1 is 1.36 bits per heavy atom. The van der Waals surface area contributed by atoms with Gasteiger partial charge in [-0.05, 0) is 12.2 Å². The van der Waals surface area contributed by atoms with Crippen molar-refractivity contribution < 1.29 is 14.3 Å². The maximum Gasteiger partial charge on any atom is 0.243 e. The van der Waals surface area contributed by atoms with Gasteiger partial charge < -0.3 is 14.8 Å². The van der Waals surface area contributed by atoms with Gasteiger partial charge in [0.2, 0.25) is 5.91 Å². The van der Waals surface area contributed by atoms with Gasteiger partial charge in [-0.15, -0.1) is 0 Å². The Hall–Kier alpha value is -0.920. The summed E-state index contributed by atoms with van der Waals surface area (Å²) < 4.78 is 9.69. The highest BCUT2D eigenvalue weighted by atomic mass is 32.1. The van der Waals surface area contributed by atoms with Crippen molar-refractivity contribution in [3.8, 4) is 0 Å². The molecule has 0 spiro atoms. The molecule has 0 saturated heterocycles. The normalized spacial score (nSPS) is 9.71. The minimum atomic E-state index is -0.542. The maximum atomic E-state index is 11.2. The van der Waals surface area contributed by atoms with Crippen LogP contribution in [0.2, 0.25) is 0 Å². The summed E-state index contributed by atoms with van der Waals surface area (Å²) >= 11 is 4.74. The zero-order valence-corrected chi connectivity index (χ0v) is 9.23. The lowest BCUT2D eigenvalue weighted by Crippen LogP contribution is -2.46. The average Bonchev–Trinajstić information content (AvgIpc) is 2.22. The van der Waals surface area contributed by atoms with Gasteiger partial charge in [-0.2, -0.15) is 0 Å². The summed E-state index contributed by atoms with van der Waals surface area (Å²) in [6, 6.07) is 0. The van der Waals surface area contributed by atoms with E-state index in [4.69, 9.17) is 21.7 Å². The van der Waals surface area contributed by atoms with Crippen LogP contribution in [0.5, 0.6) is 0 Å². The smallest absolute Gasteiger partial charge is 0.243 e. The lowest BCUT2D eigenvalue weighted by molar-refractivity contribution is -0.139. The van der Waals surface area contributed by atoms with E-state index >= 15 is 0 Å². The number of thiocarbonyl (C=S) groups is 1. The molecule has 0 aliphatic heterocycles. The van der Waals surface area contributed by atoms with Gasteiger partial charge in [0.25, 0.3) is 0 Å². The van der Waals surface area contributed by atoms with Crippen LogP contribution in [0.25, 0.3) is 0 Å². The molecule has 0 aliphatic carbocycles. The Bertz CT molecular complexity index is 197. The molecule has 7 heteroatoms. The molecule has 0 radical (unpaired) electrons. The molecule has 0 heterocycles. The summed E-state index contributed by atoms with van der Waals surface area (Å²) in [5, 5.41) is 2.98. The molecule has 0 aromatic rings. The number of hydrogen-bond donors (Lipinski definition) is 3. The number of methoxy groups -OCH3 is 2. The van der Waals surface area contributed by atoms with E-state index in [2.05, 4.69) is 16.2 Å². The second-order valence-corrected chi connectivity index (χ2v) is 2.77. The number of carbonyl (C=O) groups is 1. The zero-order chi connectivity index (χ0) is 11.0. The third-order valence-corrected chi connectivity index (χ3v) is 1.73. The number of amides is 1. The summed E-state index contributed by atoms with van der Waals surface area (Å²) in [7, 11) is 4.58. The van der Waals surface area contributed by atoms with Gasteiger partial charge in [0, 0.05) is 21.3 Å². The van der Waals surface area contributed by atoms with Gasteiger partial charge >= 0.3 is 0 Å². The Balaban J connectivity index is 3.69. The molecule has 0 bridgehead atoms. The van der Waals surface area contributed by atoms with Gasteiger partial charge in [-0.25, -0.2) is 0 Å². The Morgan fingerprint density at radius 3 is 2.36 bits per heavy atom. The van der Waals surface area contributed by atoms with Crippen molar-refractivity contribution in [2.45, 2.75) is 12.7 Å². The van der Waals surface area contributed by atoms with Crippen molar-refractivity contribution in [1.82, 2.24) is 16.2 Å². The summed E-state index contributed by atoms with van der Waals surface area (Å²) in [4.78, 5) is 11.2. The lowest BCUT2D eigenvalue weighted by Gasteiger charge is -2.13. The predicted octanol–water partition coefficient (Wildman–Crippen LogP) is -0.880. The van der Waals surface area contributed by atoms with Crippen molar-refractivity contribution in [2.24, 2.45) is 0 Å². The quantitative estimate of drug-likeness (QED) is 0.325. The van der Waals surface area contributed by atoms with Crippen LogP contribution in [0.1, 0.15) is 6.42 Å². The minimum absolute atomic E-state index is 0.103. The fourth-order valence-electron chi connectivity index (χ4n) is 0.654. The SMILES string of the molecule is CNC(=S)NNC(=O)CC(OC)OC. The fourth-order valence-corrected chi connectivity index (χ4v) is 0.705. The molecule has 0 rings (SSSR count). The van der Waals surface area contributed by atoms with Gasteiger partial charge in [0.05, 0.1) is 6.42 Å². The highest BCUT2D eigenvalue weighted by Crippen LogP contribution is 1.96. The van der Waals surface area contributed by atoms with E-state index in [1.165, 1.54) is 14.2 Å². The molecule has 0 atom stereocenters. The lowest BCUT2D eigenvalue weighted by atomic mass is 10.4. The number of nitrogens with one attached hydrogen (secondary N) is 3. The van der Waals surface area contributed by atoms with Crippen LogP contribution in [0.4, 0.5) is 0 Å². The van der Waals surface area contributed by atoms with E-state index in [1.807, 2.05) is 0 Å². The van der Waals surface area contributed by atoms with Crippen LogP contribution in [-0.4, -0.2) is 38.6 Å². The van der Waals surface area contributed by atoms with Crippen molar-refractivity contribution in [3.05, 3.63) is 0 Å². The van der Waals surface area contributed by atoms with Gasteiger partial charge in [0.15, 0.2) is 11.4 Å². The largest absolute Gasteiger partial charge is 0.364 e. The van der Waals surface area contributed by atoms with E-state index in [-0.39, 0.29) is 12.3 Å². The van der Waals surface area contributed by atoms with Gasteiger partial charge in [0.1, 0.15) is 0 Å². The Morgan fingerprint density at radius 2 is 1.93 bits per heavy atom. The molecule has 3 N–H and O–H groups in total. The fraction of sp³-hybridized carbons (Fsp3) is 0.714. The topological polar surface area (TPSA) is 71.6 Å². The van der Waals surface area contributed by atoms with Crippen LogP contribution in [0, 0.1) is 0 Å². The highest BCUT2D eigenvalue weighted by Gasteiger charge is 2.11. The molecule has 0 aromatic carbocycles. The van der Waals surface area contributed by atoms with Gasteiger partial charge in [-0.1, -0.05) is 0 Å². The second kappa shape index (κ2) is 7.48. The second-order valence-electron chi connectivity index (χ2n) is 2.36. The molecule has 0 aromatic heterocycles. The molecule has 82 valence electrons. The number of carbonyl (C=O) groups excluding carboxylic acids is 1. The standard InChI is InChI=1S/C7H15N3O3S/c1-8-7(14)10-9-5(11)4-6(12-2)13-3/h6H,4H2,1-3H3,(H,9,11)(H2,8,10,14). The van der Waals surface area contributed by atoms with Crippen LogP contribution in [0.15, 0.2) is 0 Å². The van der Waals surface area contributed by atoms with Crippen LogP contribution >= 0.6 is 12.2 Å². The van der Waals surface area contributed by atoms with Crippen LogP contribution in [-0.2, 0) is 14.3 Å². The zero-order valence-electron chi connectivity index (χ0n) is 8.42. The summed E-state index contributed by atoms with van der Waals surface area (Å²) in [5.74, 6) is -0.267. The highest BCUT2D eigenvalue weighted by molar-refractivity contribution is 7.80. The Kier molecular flexibility index (Phi) is 6.99. The van der Waals surface area contributed by atoms with Crippen LogP contribution in [0.3, 0.4) is 0 Å². The summed E-state index contributed by atoms with van der Waals surface area (Å²) in [6.07, 6.45) is -0.438. The number of rotatable bonds is 4. The first-order valence-corrected chi connectivity index (χ1v) is 4.37. The van der Waals surface area contributed by atoms with Gasteiger partial charge in [-0.3, -0.25) is 15.6 Å². The Labute approximate surface area is 88.3 Å². The number of ether oxygens (including phenoxy) is 2. The first kappa shape index (κ1) is 13.1. The first-order chi connectivity index (χ1) is 6.63. The van der Waals surface area contributed by atoms with E-state index in [1.54, 1.807) is 7.05 Å². The van der Waals surface area contributed by atoms with Crippen molar-refractivity contribution >= 4 is 23.2 Å². The molecule has 0 saturated carbocycles. The van der Waals surface area contributed by atoms with E-state index in [0.717, 1.165) is 0 Å². The number of hydrazine groups is 1. The first-order valence-electron chi connectivity index (χ1n) is 3.96. The monoisotopic (exact) mass is 221 g/mol. The molecule has 0 aliphatic rings. The number of hydrogen-bond acceptors (Lipinski definition) is 4. The molecule has 1 amide bonds. The maximum absolute atomic E-state index is 11.2. The molecule has 0 unspecified atom stereocenters. The summed E-state index contributed by atoms with van der Waals surface area (Å²) in [6.45, 7) is 0. The van der Waals surface area contributed by atoms with E-state index in [9.17, 15) is 4.79 Å². The molecule has 14 heavy (non-hydrogen) atoms. The summed E-state index contributed by atoms with van der Waals surface area (Å²) in [5.41, 5.74) is 4.88. The van der Waals surface area contributed by atoms with E-state index in [0.29, 0.717) is 5.11 Å². The molecule has 6 nitrogen and oxygen atoms in total. The molecular weight excluding hydrogens is 206 g/mol. The van der Waals surface area contributed by atoms with Crippen molar-refractivity contribution in [3.63, 3.8) is 0 Å². The van der Waals surface area contributed by atoms with E-state index < -0.39 is 6.29 Å². The third kappa shape index (κ3) is 5.68. The molecular formula is C7H15N3O3S. The predicted molar refractivity (Wildman–Crippen MR) is 55.4 cm³/mol. The minimum Gasteiger partial charge on any atom is -0.364 e. The molecule has 0 fully saturated rings. The van der Waals surface area contributed by atoms with Crippen molar-refractivity contribution in [1.29, 1.82) is 0 Å². The average molecular weight is 221 g/mol. The van der Waals surface area contributed by atoms with Crippen LogP contribution < -0.4 is 16.2 Å². The van der Waals surface area contributed by atoms with Crippen molar-refractivity contribution in [2.75, 3.05) is 21.3 Å².